The van der Waals surface area contributed by atoms with Crippen molar-refractivity contribution < 1.29 is 9.13 Å². The third-order valence-corrected chi connectivity index (χ3v) is 4.40. The van der Waals surface area contributed by atoms with E-state index in [9.17, 15) is 14.3 Å². The van der Waals surface area contributed by atoms with Gasteiger partial charge in [0.05, 0.1) is 21.5 Å². The Balaban J connectivity index is 2.13. The number of non-ortho nitro benzene ring substituents is 1. The van der Waals surface area contributed by atoms with Gasteiger partial charge in [-0.1, -0.05) is 31.2 Å². The van der Waals surface area contributed by atoms with Crippen molar-refractivity contribution in [2.24, 2.45) is 0 Å². The number of nitro groups is 1. The van der Waals surface area contributed by atoms with E-state index >= 15 is 0 Å². The summed E-state index contributed by atoms with van der Waals surface area (Å²) in [5.41, 5.74) is 2.24. The maximum atomic E-state index is 12.2. The highest BCUT2D eigenvalue weighted by Gasteiger charge is 2.09. The molecule has 0 aromatic heterocycles. The Kier molecular flexibility index (Phi) is 4.63. The lowest BCUT2D eigenvalue weighted by Gasteiger charge is -2.04. The van der Waals surface area contributed by atoms with Crippen LogP contribution in [0.3, 0.4) is 0 Å². The van der Waals surface area contributed by atoms with Crippen molar-refractivity contribution in [2.45, 2.75) is 24.0 Å². The average Bonchev–Trinajstić information content (AvgIpc) is 2.47. The summed E-state index contributed by atoms with van der Waals surface area (Å²) in [5.74, 6) is 0.422. The van der Waals surface area contributed by atoms with Crippen LogP contribution in [0.5, 0.6) is 0 Å². The van der Waals surface area contributed by atoms with Gasteiger partial charge in [-0.25, -0.2) is 0 Å². The van der Waals surface area contributed by atoms with Crippen molar-refractivity contribution in [2.75, 3.05) is 0 Å². The molecule has 4 nitrogen and oxygen atoms in total. The molecule has 5 heteroatoms. The molecule has 0 radical (unpaired) electrons. The third-order valence-electron chi connectivity index (χ3n) is 3.01. The summed E-state index contributed by atoms with van der Waals surface area (Å²) in [6.07, 6.45) is 0.942. The van der Waals surface area contributed by atoms with Crippen LogP contribution in [-0.2, 0) is 23.0 Å². The summed E-state index contributed by atoms with van der Waals surface area (Å²) in [6.45, 7) is 2.08. The highest BCUT2D eigenvalue weighted by molar-refractivity contribution is 7.84. The van der Waals surface area contributed by atoms with Crippen LogP contribution < -0.4 is 0 Å². The number of benzene rings is 2. The largest absolute Gasteiger partial charge is 0.269 e. The summed E-state index contributed by atoms with van der Waals surface area (Å²) >= 11 is 0. The van der Waals surface area contributed by atoms with Gasteiger partial charge in [-0.3, -0.25) is 14.3 Å². The monoisotopic (exact) mass is 289 g/mol. The molecule has 0 N–H and O–H groups in total. The summed E-state index contributed by atoms with van der Waals surface area (Å²) in [5, 5.41) is 10.6. The number of rotatable bonds is 5. The molecule has 2 aromatic carbocycles. The van der Waals surface area contributed by atoms with E-state index in [0.717, 1.165) is 12.0 Å². The minimum atomic E-state index is -1.19. The Morgan fingerprint density at radius 2 is 1.75 bits per heavy atom. The number of nitro benzene ring substituents is 1. The fourth-order valence-corrected chi connectivity index (χ4v) is 2.98. The van der Waals surface area contributed by atoms with Crippen LogP contribution in [0, 0.1) is 10.1 Å². The first-order valence-electron chi connectivity index (χ1n) is 6.31. The Labute approximate surface area is 120 Å². The van der Waals surface area contributed by atoms with Crippen LogP contribution in [0.25, 0.3) is 0 Å². The van der Waals surface area contributed by atoms with Gasteiger partial charge in [0.1, 0.15) is 0 Å². The molecule has 2 aromatic rings. The molecule has 0 saturated heterocycles. The van der Waals surface area contributed by atoms with Crippen molar-refractivity contribution in [3.05, 3.63) is 69.8 Å². The molecule has 104 valence electrons. The molecular weight excluding hydrogens is 274 g/mol. The summed E-state index contributed by atoms with van der Waals surface area (Å²) in [6, 6.07) is 13.9. The molecule has 0 fully saturated rings. The molecule has 20 heavy (non-hydrogen) atoms. The Hall–Kier alpha value is -2.01. The van der Waals surface area contributed by atoms with E-state index in [0.29, 0.717) is 10.6 Å². The van der Waals surface area contributed by atoms with Crippen LogP contribution in [0.15, 0.2) is 53.4 Å². The normalized spacial score (nSPS) is 12.1. The Morgan fingerprint density at radius 3 is 2.35 bits per heavy atom. The third kappa shape index (κ3) is 3.51. The van der Waals surface area contributed by atoms with Crippen LogP contribution in [-0.4, -0.2) is 9.13 Å². The molecule has 0 aliphatic heterocycles. The molecule has 0 saturated carbocycles. The van der Waals surface area contributed by atoms with E-state index in [1.807, 2.05) is 24.3 Å². The second-order valence-corrected chi connectivity index (χ2v) is 5.87. The van der Waals surface area contributed by atoms with Gasteiger partial charge in [0.25, 0.3) is 5.69 Å². The van der Waals surface area contributed by atoms with E-state index in [4.69, 9.17) is 0 Å². The molecule has 0 amide bonds. The maximum Gasteiger partial charge on any atom is 0.269 e. The molecular formula is C15H15NO3S. The van der Waals surface area contributed by atoms with Gasteiger partial charge in [-0.15, -0.1) is 0 Å². The molecule has 0 spiro atoms. The van der Waals surface area contributed by atoms with Crippen LogP contribution in [0.1, 0.15) is 18.1 Å². The fourth-order valence-electron chi connectivity index (χ4n) is 1.89. The van der Waals surface area contributed by atoms with Gasteiger partial charge in [-0.05, 0) is 29.7 Å². The van der Waals surface area contributed by atoms with Gasteiger partial charge >= 0.3 is 0 Å². The summed E-state index contributed by atoms with van der Waals surface area (Å²) in [7, 11) is -1.19. The Bertz CT molecular complexity index is 638. The zero-order valence-corrected chi connectivity index (χ0v) is 11.9. The van der Waals surface area contributed by atoms with Crippen molar-refractivity contribution >= 4 is 16.5 Å². The summed E-state index contributed by atoms with van der Waals surface area (Å²) < 4.78 is 12.2. The molecule has 1 atom stereocenters. The quantitative estimate of drug-likeness (QED) is 0.625. The lowest BCUT2D eigenvalue weighted by molar-refractivity contribution is -0.384. The van der Waals surface area contributed by atoms with Crippen molar-refractivity contribution in [3.63, 3.8) is 0 Å². The smallest absolute Gasteiger partial charge is 0.258 e. The molecule has 1 unspecified atom stereocenters. The van der Waals surface area contributed by atoms with Crippen LogP contribution >= 0.6 is 0 Å². The maximum absolute atomic E-state index is 12.2. The first-order valence-corrected chi connectivity index (χ1v) is 7.62. The summed E-state index contributed by atoms with van der Waals surface area (Å²) in [4.78, 5) is 10.7. The molecule has 0 bridgehead atoms. The van der Waals surface area contributed by atoms with Gasteiger partial charge in [-0.2, -0.15) is 0 Å². The van der Waals surface area contributed by atoms with Gasteiger partial charge in [0.15, 0.2) is 0 Å². The standard InChI is InChI=1S/C15H15NO3S/c1-2-12-4-3-5-13(10-12)11-20(19)15-8-6-14(7-9-15)16(17)18/h3-10H,2,11H2,1H3. The first kappa shape index (κ1) is 14.4. The number of nitrogens with zero attached hydrogens (tertiary/aromatic N) is 1. The molecule has 0 aliphatic rings. The predicted octanol–water partition coefficient (Wildman–Crippen LogP) is 3.47. The van der Waals surface area contributed by atoms with E-state index < -0.39 is 15.7 Å². The first-order chi connectivity index (χ1) is 9.60. The second-order valence-electron chi connectivity index (χ2n) is 4.41. The van der Waals surface area contributed by atoms with E-state index in [-0.39, 0.29) is 5.69 Å². The number of hydrogen-bond donors (Lipinski definition) is 0. The van der Waals surface area contributed by atoms with Crippen molar-refractivity contribution in [3.8, 4) is 0 Å². The molecule has 0 aliphatic carbocycles. The number of hydrogen-bond acceptors (Lipinski definition) is 3. The van der Waals surface area contributed by atoms with Crippen LogP contribution in [0.4, 0.5) is 5.69 Å². The fraction of sp³-hybridized carbons (Fsp3) is 0.200. The predicted molar refractivity (Wildman–Crippen MR) is 79.0 cm³/mol. The average molecular weight is 289 g/mol. The molecule has 0 heterocycles. The Morgan fingerprint density at radius 1 is 1.10 bits per heavy atom. The molecule has 2 rings (SSSR count). The van der Waals surface area contributed by atoms with Crippen LogP contribution in [0.2, 0.25) is 0 Å². The van der Waals surface area contributed by atoms with E-state index in [1.54, 1.807) is 12.1 Å². The van der Waals surface area contributed by atoms with Gasteiger partial charge in [0.2, 0.25) is 0 Å². The highest BCUT2D eigenvalue weighted by Crippen LogP contribution is 2.17. The topological polar surface area (TPSA) is 60.2 Å². The van der Waals surface area contributed by atoms with E-state index in [2.05, 4.69) is 6.92 Å². The van der Waals surface area contributed by atoms with E-state index in [1.165, 1.54) is 17.7 Å². The van der Waals surface area contributed by atoms with Crippen molar-refractivity contribution in [1.82, 2.24) is 0 Å². The minimum absolute atomic E-state index is 0.0127. The van der Waals surface area contributed by atoms with Gasteiger partial charge < -0.3 is 0 Å². The zero-order valence-electron chi connectivity index (χ0n) is 11.1. The van der Waals surface area contributed by atoms with Gasteiger partial charge in [0, 0.05) is 17.0 Å². The van der Waals surface area contributed by atoms with Crippen molar-refractivity contribution in [1.29, 1.82) is 0 Å². The lowest BCUT2D eigenvalue weighted by Crippen LogP contribution is -1.97. The second kappa shape index (κ2) is 6.43. The highest BCUT2D eigenvalue weighted by atomic mass is 32.2. The zero-order chi connectivity index (χ0) is 14.5. The minimum Gasteiger partial charge on any atom is -0.258 e. The SMILES string of the molecule is CCc1cccc(CS(=O)c2ccc([N+](=O)[O-])cc2)c1. The lowest BCUT2D eigenvalue weighted by atomic mass is 10.1. The number of aryl methyl sites for hydroxylation is 1.